The molecule has 0 aliphatic carbocycles. The predicted molar refractivity (Wildman–Crippen MR) is 82.2 cm³/mol. The van der Waals surface area contributed by atoms with Crippen molar-refractivity contribution in [3.05, 3.63) is 47.7 Å². The van der Waals surface area contributed by atoms with Crippen LogP contribution in [0.1, 0.15) is 18.1 Å². The molecule has 5 nitrogen and oxygen atoms in total. The number of hydrogen-bond donors (Lipinski definition) is 1. The summed E-state index contributed by atoms with van der Waals surface area (Å²) in [6.07, 6.45) is 2.24. The summed E-state index contributed by atoms with van der Waals surface area (Å²) in [6.45, 7) is 3.75. The highest BCUT2D eigenvalue weighted by Crippen LogP contribution is 2.24. The third-order valence-corrected chi connectivity index (χ3v) is 4.52. The zero-order chi connectivity index (χ0) is 15.5. The lowest BCUT2D eigenvalue weighted by atomic mass is 10.1. The zero-order valence-corrected chi connectivity index (χ0v) is 13.1. The van der Waals surface area contributed by atoms with E-state index < -0.39 is 10.0 Å². The minimum Gasteiger partial charge on any atom is -0.496 e. The van der Waals surface area contributed by atoms with Crippen molar-refractivity contribution in [3.63, 3.8) is 0 Å². The Bertz CT molecular complexity index is 742. The topological polar surface area (TPSA) is 68.3 Å². The molecule has 0 atom stereocenters. The smallest absolute Gasteiger partial charge is 0.263 e. The SMILES string of the molecule is CCc1cc(S(=O)(=O)Nc2ncccc2C)ccc1OC. The number of nitrogens with zero attached hydrogens (tertiary/aromatic N) is 1. The number of anilines is 1. The fourth-order valence-corrected chi connectivity index (χ4v) is 3.11. The van der Waals surface area contributed by atoms with Crippen molar-refractivity contribution in [1.82, 2.24) is 4.98 Å². The van der Waals surface area contributed by atoms with E-state index in [1.807, 2.05) is 6.92 Å². The van der Waals surface area contributed by atoms with Crippen molar-refractivity contribution in [2.45, 2.75) is 25.2 Å². The van der Waals surface area contributed by atoms with Gasteiger partial charge in [-0.15, -0.1) is 0 Å². The molecule has 0 amide bonds. The van der Waals surface area contributed by atoms with Crippen LogP contribution in [0.3, 0.4) is 0 Å². The maximum absolute atomic E-state index is 12.4. The predicted octanol–water partition coefficient (Wildman–Crippen LogP) is 2.76. The molecule has 0 unspecified atom stereocenters. The summed E-state index contributed by atoms with van der Waals surface area (Å²) in [4.78, 5) is 4.25. The quantitative estimate of drug-likeness (QED) is 0.922. The van der Waals surface area contributed by atoms with Crippen molar-refractivity contribution in [1.29, 1.82) is 0 Å². The molecule has 0 spiro atoms. The molecule has 0 saturated carbocycles. The Labute approximate surface area is 125 Å². The lowest BCUT2D eigenvalue weighted by molar-refractivity contribution is 0.409. The standard InChI is InChI=1S/C15H18N2O3S/c1-4-12-10-13(7-8-14(12)20-3)21(18,19)17-15-11(2)6-5-9-16-15/h5-10H,4H2,1-3H3,(H,16,17). The Morgan fingerprint density at radius 2 is 2.05 bits per heavy atom. The van der Waals surface area contributed by atoms with Crippen LogP contribution in [0, 0.1) is 6.92 Å². The number of ether oxygens (including phenoxy) is 1. The Morgan fingerprint density at radius 1 is 1.29 bits per heavy atom. The molecule has 0 aliphatic rings. The van der Waals surface area contributed by atoms with Crippen LogP contribution in [0.15, 0.2) is 41.4 Å². The number of benzene rings is 1. The van der Waals surface area contributed by atoms with Crippen LogP contribution in [-0.2, 0) is 16.4 Å². The van der Waals surface area contributed by atoms with E-state index in [1.165, 1.54) is 6.07 Å². The van der Waals surface area contributed by atoms with E-state index in [0.717, 1.165) is 11.1 Å². The molecule has 0 bridgehead atoms. The lowest BCUT2D eigenvalue weighted by Crippen LogP contribution is -2.15. The van der Waals surface area contributed by atoms with Gasteiger partial charge in [0.1, 0.15) is 11.6 Å². The summed E-state index contributed by atoms with van der Waals surface area (Å²) in [5.41, 5.74) is 1.61. The molecule has 0 fully saturated rings. The first-order chi connectivity index (χ1) is 9.97. The Morgan fingerprint density at radius 3 is 2.67 bits per heavy atom. The third-order valence-electron chi connectivity index (χ3n) is 3.18. The molecular weight excluding hydrogens is 288 g/mol. The summed E-state index contributed by atoms with van der Waals surface area (Å²) >= 11 is 0. The highest BCUT2D eigenvalue weighted by molar-refractivity contribution is 7.92. The van der Waals surface area contributed by atoms with Gasteiger partial charge in [0, 0.05) is 6.20 Å². The molecule has 6 heteroatoms. The van der Waals surface area contributed by atoms with Gasteiger partial charge >= 0.3 is 0 Å². The van der Waals surface area contributed by atoms with Crippen LogP contribution < -0.4 is 9.46 Å². The highest BCUT2D eigenvalue weighted by atomic mass is 32.2. The van der Waals surface area contributed by atoms with E-state index >= 15 is 0 Å². The Balaban J connectivity index is 2.38. The van der Waals surface area contributed by atoms with Gasteiger partial charge in [0.05, 0.1) is 12.0 Å². The average Bonchev–Trinajstić information content (AvgIpc) is 2.48. The van der Waals surface area contributed by atoms with Crippen LogP contribution in [0.2, 0.25) is 0 Å². The van der Waals surface area contributed by atoms with Crippen molar-refractivity contribution in [2.24, 2.45) is 0 Å². The van der Waals surface area contributed by atoms with Gasteiger partial charge in [-0.05, 0) is 48.7 Å². The van der Waals surface area contributed by atoms with Gasteiger partial charge in [-0.2, -0.15) is 0 Å². The summed E-state index contributed by atoms with van der Waals surface area (Å²) in [7, 11) is -2.09. The van der Waals surface area contributed by atoms with Crippen LogP contribution in [0.4, 0.5) is 5.82 Å². The van der Waals surface area contributed by atoms with Crippen molar-refractivity contribution < 1.29 is 13.2 Å². The molecule has 1 N–H and O–H groups in total. The van der Waals surface area contributed by atoms with E-state index in [2.05, 4.69) is 9.71 Å². The second kappa shape index (κ2) is 6.13. The maximum atomic E-state index is 12.4. The number of aromatic nitrogens is 1. The van der Waals surface area contributed by atoms with E-state index in [0.29, 0.717) is 18.0 Å². The molecule has 1 aromatic heterocycles. The summed E-state index contributed by atoms with van der Waals surface area (Å²) in [5, 5.41) is 0. The van der Waals surface area contributed by atoms with Gasteiger partial charge in [0.15, 0.2) is 0 Å². The lowest BCUT2D eigenvalue weighted by Gasteiger charge is -2.12. The number of pyridine rings is 1. The van der Waals surface area contributed by atoms with Gasteiger partial charge < -0.3 is 4.74 Å². The summed E-state index contributed by atoms with van der Waals surface area (Å²) in [5.74, 6) is 1.02. The fourth-order valence-electron chi connectivity index (χ4n) is 1.98. The average molecular weight is 306 g/mol. The molecule has 2 aromatic rings. The fraction of sp³-hybridized carbons (Fsp3) is 0.267. The number of sulfonamides is 1. The molecule has 1 heterocycles. The molecule has 0 radical (unpaired) electrons. The molecule has 0 saturated heterocycles. The Hall–Kier alpha value is -2.08. The van der Waals surface area contributed by atoms with Gasteiger partial charge in [-0.1, -0.05) is 13.0 Å². The van der Waals surface area contributed by atoms with Gasteiger partial charge in [-0.25, -0.2) is 13.4 Å². The minimum atomic E-state index is -3.66. The van der Waals surface area contributed by atoms with Gasteiger partial charge in [0.25, 0.3) is 10.0 Å². The van der Waals surface area contributed by atoms with Gasteiger partial charge in [-0.3, -0.25) is 4.72 Å². The van der Waals surface area contributed by atoms with E-state index in [1.54, 1.807) is 44.5 Å². The molecule has 0 aliphatic heterocycles. The molecule has 112 valence electrons. The van der Waals surface area contributed by atoms with Crippen LogP contribution in [-0.4, -0.2) is 20.5 Å². The van der Waals surface area contributed by atoms with Crippen LogP contribution in [0.5, 0.6) is 5.75 Å². The largest absolute Gasteiger partial charge is 0.496 e. The van der Waals surface area contributed by atoms with E-state index in [9.17, 15) is 8.42 Å². The van der Waals surface area contributed by atoms with Gasteiger partial charge in [0.2, 0.25) is 0 Å². The Kier molecular flexibility index (Phi) is 4.47. The monoisotopic (exact) mass is 306 g/mol. The first-order valence-electron chi connectivity index (χ1n) is 6.59. The number of methoxy groups -OCH3 is 1. The highest BCUT2D eigenvalue weighted by Gasteiger charge is 2.17. The number of rotatable bonds is 5. The number of hydrogen-bond acceptors (Lipinski definition) is 4. The second-order valence-corrected chi connectivity index (χ2v) is 6.28. The third kappa shape index (κ3) is 3.33. The summed E-state index contributed by atoms with van der Waals surface area (Å²) in [6, 6.07) is 8.38. The van der Waals surface area contributed by atoms with Crippen molar-refractivity contribution in [3.8, 4) is 5.75 Å². The normalized spacial score (nSPS) is 11.2. The maximum Gasteiger partial charge on any atom is 0.263 e. The van der Waals surface area contributed by atoms with Crippen LogP contribution >= 0.6 is 0 Å². The first kappa shape index (κ1) is 15.3. The first-order valence-corrected chi connectivity index (χ1v) is 8.07. The van der Waals surface area contributed by atoms with E-state index in [-0.39, 0.29) is 4.90 Å². The molecule has 1 aromatic carbocycles. The molecular formula is C15H18N2O3S. The van der Waals surface area contributed by atoms with Crippen molar-refractivity contribution >= 4 is 15.8 Å². The summed E-state index contributed by atoms with van der Waals surface area (Å²) < 4.78 is 32.6. The zero-order valence-electron chi connectivity index (χ0n) is 12.3. The number of aryl methyl sites for hydroxylation is 2. The molecule has 21 heavy (non-hydrogen) atoms. The second-order valence-electron chi connectivity index (χ2n) is 4.60. The van der Waals surface area contributed by atoms with E-state index in [4.69, 9.17) is 4.74 Å². The van der Waals surface area contributed by atoms with Crippen molar-refractivity contribution in [2.75, 3.05) is 11.8 Å². The minimum absolute atomic E-state index is 0.199. The van der Waals surface area contributed by atoms with Crippen LogP contribution in [0.25, 0.3) is 0 Å². The molecule has 2 rings (SSSR count). The number of nitrogens with one attached hydrogen (secondary N) is 1.